The van der Waals surface area contributed by atoms with Crippen molar-refractivity contribution in [1.29, 1.82) is 0 Å². The molecule has 1 aliphatic heterocycles. The highest BCUT2D eigenvalue weighted by molar-refractivity contribution is 5.82. The summed E-state index contributed by atoms with van der Waals surface area (Å²) in [6, 6.07) is 12.9. The Bertz CT molecular complexity index is 1280. The Labute approximate surface area is 205 Å². The van der Waals surface area contributed by atoms with Crippen molar-refractivity contribution in [2.75, 3.05) is 13.7 Å². The Morgan fingerprint density at radius 2 is 2.00 bits per heavy atom. The number of aliphatic carboxylic acids is 1. The van der Waals surface area contributed by atoms with Crippen LogP contribution in [-0.4, -0.2) is 45.3 Å². The van der Waals surface area contributed by atoms with E-state index in [0.29, 0.717) is 25.9 Å². The molecule has 0 radical (unpaired) electrons. The lowest BCUT2D eigenvalue weighted by molar-refractivity contribution is -0.141. The third-order valence-electron chi connectivity index (χ3n) is 7.89. The zero-order valence-electron chi connectivity index (χ0n) is 20.7. The smallest absolute Gasteiger partial charge is 0.409 e. The van der Waals surface area contributed by atoms with Gasteiger partial charge < -0.3 is 19.3 Å². The summed E-state index contributed by atoms with van der Waals surface area (Å²) < 4.78 is 7.32. The topological polar surface area (TPSA) is 84.7 Å². The van der Waals surface area contributed by atoms with Crippen LogP contribution in [0.25, 0.3) is 11.0 Å². The average molecular weight is 476 g/mol. The molecule has 3 aromatic rings. The van der Waals surface area contributed by atoms with Crippen molar-refractivity contribution in [3.63, 3.8) is 0 Å². The molecule has 1 fully saturated rings. The van der Waals surface area contributed by atoms with E-state index >= 15 is 0 Å². The summed E-state index contributed by atoms with van der Waals surface area (Å²) >= 11 is 0. The Hall–Kier alpha value is -3.35. The fourth-order valence-corrected chi connectivity index (χ4v) is 5.94. The molecular weight excluding hydrogens is 442 g/mol. The summed E-state index contributed by atoms with van der Waals surface area (Å²) in [5, 5.41) is 9.61. The normalized spacial score (nSPS) is 20.6. The number of fused-ring (bicyclic) bond motifs is 3. The predicted octanol–water partition coefficient (Wildman–Crippen LogP) is 5.24. The molecule has 5 rings (SSSR count). The number of aromatic nitrogens is 2. The number of rotatable bonds is 5. The Kier molecular flexibility index (Phi) is 6.26. The standard InChI is InChI=1S/C28H33N3O4/c1-17-6-4-5-7-20(17)14-18(2)31-24-11-10-19-12-13-30(28(34)35-3)16-23(19)25(24)29-26(31)21-8-9-22(15-21)27(32)33/h4-7,10-11,18,21-22H,8-9,12-16H2,1-3H3,(H,32,33)/t18-,21+,22-/m1/s1. The molecule has 7 heteroatoms. The first-order valence-corrected chi connectivity index (χ1v) is 12.5. The molecule has 184 valence electrons. The maximum Gasteiger partial charge on any atom is 0.409 e. The van der Waals surface area contributed by atoms with E-state index in [1.807, 2.05) is 0 Å². The molecule has 1 aromatic heterocycles. The number of nitrogens with zero attached hydrogens (tertiary/aromatic N) is 3. The molecule has 2 aliphatic rings. The van der Waals surface area contributed by atoms with Crippen LogP contribution in [0.3, 0.4) is 0 Å². The highest BCUT2D eigenvalue weighted by Crippen LogP contribution is 2.41. The van der Waals surface area contributed by atoms with Crippen molar-refractivity contribution in [3.8, 4) is 0 Å². The molecule has 2 aromatic carbocycles. The number of amides is 1. The minimum absolute atomic E-state index is 0.110. The molecule has 2 heterocycles. The van der Waals surface area contributed by atoms with Crippen LogP contribution in [0.15, 0.2) is 36.4 Å². The fourth-order valence-electron chi connectivity index (χ4n) is 5.94. The number of methoxy groups -OCH3 is 1. The number of carbonyl (C=O) groups is 2. The highest BCUT2D eigenvalue weighted by Gasteiger charge is 2.35. The fraction of sp³-hybridized carbons (Fsp3) is 0.464. The maximum atomic E-state index is 12.3. The molecular formula is C28H33N3O4. The number of hydrogen-bond donors (Lipinski definition) is 1. The van der Waals surface area contributed by atoms with Gasteiger partial charge in [-0.15, -0.1) is 0 Å². The van der Waals surface area contributed by atoms with Crippen molar-refractivity contribution in [3.05, 3.63) is 64.5 Å². The Morgan fingerprint density at radius 3 is 2.71 bits per heavy atom. The van der Waals surface area contributed by atoms with Crippen LogP contribution in [0.5, 0.6) is 0 Å². The largest absolute Gasteiger partial charge is 0.481 e. The van der Waals surface area contributed by atoms with Gasteiger partial charge in [-0.05, 0) is 68.7 Å². The molecule has 0 spiro atoms. The first kappa shape index (κ1) is 23.4. The van der Waals surface area contributed by atoms with Gasteiger partial charge in [-0.3, -0.25) is 4.79 Å². The SMILES string of the molecule is COC(=O)N1CCc2ccc3c(nc([C@H]4CC[C@@H](C(=O)O)C4)n3[C@H](C)Cc3ccccc3C)c2C1. The van der Waals surface area contributed by atoms with E-state index in [9.17, 15) is 14.7 Å². The van der Waals surface area contributed by atoms with Gasteiger partial charge in [0.15, 0.2) is 0 Å². The molecule has 0 unspecified atom stereocenters. The number of imidazole rings is 1. The second-order valence-electron chi connectivity index (χ2n) is 10.1. The van der Waals surface area contributed by atoms with Gasteiger partial charge in [-0.1, -0.05) is 30.3 Å². The number of aryl methyl sites for hydroxylation is 1. The molecule has 1 saturated carbocycles. The quantitative estimate of drug-likeness (QED) is 0.545. The van der Waals surface area contributed by atoms with E-state index in [0.717, 1.165) is 41.7 Å². The van der Waals surface area contributed by atoms with E-state index in [-0.39, 0.29) is 24.0 Å². The van der Waals surface area contributed by atoms with E-state index in [1.54, 1.807) is 4.90 Å². The summed E-state index contributed by atoms with van der Waals surface area (Å²) in [4.78, 5) is 30.9. The lowest BCUT2D eigenvalue weighted by Gasteiger charge is -2.28. The van der Waals surface area contributed by atoms with Crippen molar-refractivity contribution >= 4 is 23.1 Å². The summed E-state index contributed by atoms with van der Waals surface area (Å²) in [5.74, 6) is 0.0603. The number of ether oxygens (including phenoxy) is 1. The van der Waals surface area contributed by atoms with Crippen LogP contribution in [-0.2, 0) is 28.9 Å². The first-order chi connectivity index (χ1) is 16.9. The summed E-state index contributed by atoms with van der Waals surface area (Å²) in [6.07, 6.45) is 3.45. The summed E-state index contributed by atoms with van der Waals surface area (Å²) in [7, 11) is 1.41. The van der Waals surface area contributed by atoms with Gasteiger partial charge in [-0.25, -0.2) is 9.78 Å². The molecule has 1 aliphatic carbocycles. The molecule has 0 saturated heterocycles. The second kappa shape index (κ2) is 9.36. The summed E-state index contributed by atoms with van der Waals surface area (Å²) in [6.45, 7) is 5.47. The van der Waals surface area contributed by atoms with Gasteiger partial charge in [0, 0.05) is 24.1 Å². The van der Waals surface area contributed by atoms with Crippen LogP contribution in [0.1, 0.15) is 66.2 Å². The molecule has 1 N–H and O–H groups in total. The van der Waals surface area contributed by atoms with Crippen molar-refractivity contribution in [2.24, 2.45) is 5.92 Å². The lowest BCUT2D eigenvalue weighted by Crippen LogP contribution is -2.35. The van der Waals surface area contributed by atoms with Crippen molar-refractivity contribution in [2.45, 2.75) is 64.5 Å². The molecule has 0 bridgehead atoms. The van der Waals surface area contributed by atoms with Crippen LogP contribution in [0.2, 0.25) is 0 Å². The number of carboxylic acids is 1. The van der Waals surface area contributed by atoms with E-state index in [1.165, 1.54) is 23.8 Å². The third kappa shape index (κ3) is 4.28. The van der Waals surface area contributed by atoms with E-state index in [2.05, 4.69) is 54.8 Å². The van der Waals surface area contributed by atoms with Gasteiger partial charge in [0.05, 0.1) is 30.6 Å². The second-order valence-corrected chi connectivity index (χ2v) is 10.1. The molecule has 3 atom stereocenters. The van der Waals surface area contributed by atoms with Gasteiger partial charge in [0.1, 0.15) is 5.82 Å². The number of benzene rings is 2. The van der Waals surface area contributed by atoms with Gasteiger partial charge >= 0.3 is 12.1 Å². The Balaban J connectivity index is 1.60. The van der Waals surface area contributed by atoms with Crippen LogP contribution < -0.4 is 0 Å². The third-order valence-corrected chi connectivity index (χ3v) is 7.89. The first-order valence-electron chi connectivity index (χ1n) is 12.5. The minimum atomic E-state index is -0.714. The van der Waals surface area contributed by atoms with E-state index < -0.39 is 5.97 Å². The zero-order valence-corrected chi connectivity index (χ0v) is 20.7. The molecule has 1 amide bonds. The van der Waals surface area contributed by atoms with Gasteiger partial charge in [0.25, 0.3) is 0 Å². The van der Waals surface area contributed by atoms with Crippen LogP contribution in [0, 0.1) is 12.8 Å². The van der Waals surface area contributed by atoms with Gasteiger partial charge in [0.2, 0.25) is 0 Å². The van der Waals surface area contributed by atoms with E-state index in [4.69, 9.17) is 9.72 Å². The van der Waals surface area contributed by atoms with Crippen molar-refractivity contribution in [1.82, 2.24) is 14.5 Å². The number of carboxylic acid groups (broad SMARTS) is 1. The van der Waals surface area contributed by atoms with Crippen molar-refractivity contribution < 1.29 is 19.4 Å². The average Bonchev–Trinajstić information content (AvgIpc) is 3.50. The lowest BCUT2D eigenvalue weighted by atomic mass is 9.98. The van der Waals surface area contributed by atoms with Crippen LogP contribution in [0.4, 0.5) is 4.79 Å². The van der Waals surface area contributed by atoms with Crippen LogP contribution >= 0.6 is 0 Å². The molecule has 35 heavy (non-hydrogen) atoms. The zero-order chi connectivity index (χ0) is 24.7. The minimum Gasteiger partial charge on any atom is -0.481 e. The highest BCUT2D eigenvalue weighted by atomic mass is 16.5. The van der Waals surface area contributed by atoms with Gasteiger partial charge in [-0.2, -0.15) is 0 Å². The Morgan fingerprint density at radius 1 is 1.20 bits per heavy atom. The predicted molar refractivity (Wildman–Crippen MR) is 134 cm³/mol. The summed E-state index contributed by atoms with van der Waals surface area (Å²) in [5.41, 5.74) is 6.86. The monoisotopic (exact) mass is 475 g/mol. The number of hydrogen-bond acceptors (Lipinski definition) is 4. The number of carbonyl (C=O) groups excluding carboxylic acids is 1. The molecule has 7 nitrogen and oxygen atoms in total. The maximum absolute atomic E-state index is 12.3.